The van der Waals surface area contributed by atoms with Crippen molar-refractivity contribution in [3.63, 3.8) is 0 Å². The van der Waals surface area contributed by atoms with E-state index in [-0.39, 0.29) is 5.91 Å². The molecule has 112 valence electrons. The number of hydrogen-bond donors (Lipinski definition) is 2. The lowest BCUT2D eigenvalue weighted by molar-refractivity contribution is 0.101. The van der Waals surface area contributed by atoms with Crippen LogP contribution in [-0.2, 0) is 13.5 Å². The lowest BCUT2D eigenvalue weighted by Gasteiger charge is -2.11. The van der Waals surface area contributed by atoms with E-state index in [1.807, 2.05) is 19.1 Å². The van der Waals surface area contributed by atoms with E-state index in [2.05, 4.69) is 58.2 Å². The van der Waals surface area contributed by atoms with Gasteiger partial charge in [-0.15, -0.1) is 0 Å². The van der Waals surface area contributed by atoms with Gasteiger partial charge < -0.3 is 11.1 Å². The van der Waals surface area contributed by atoms with E-state index in [4.69, 9.17) is 5.73 Å². The molecule has 2 aromatic rings. The number of nitrogen functional groups attached to an aromatic ring is 1. The number of halogens is 3. The first-order valence-electron chi connectivity index (χ1n) is 6.12. The molecule has 5 nitrogen and oxygen atoms in total. The van der Waals surface area contributed by atoms with Crippen molar-refractivity contribution in [3.05, 3.63) is 36.9 Å². The first-order chi connectivity index (χ1) is 9.85. The first kappa shape index (κ1) is 16.5. The number of nitrogens with zero attached hydrogens (tertiary/aromatic N) is 2. The van der Waals surface area contributed by atoms with Gasteiger partial charge in [-0.1, -0.05) is 22.9 Å². The predicted octanol–water partition coefficient (Wildman–Crippen LogP) is 4.10. The molecule has 0 unspecified atom stereocenters. The molecule has 0 aliphatic heterocycles. The van der Waals surface area contributed by atoms with E-state index < -0.39 is 0 Å². The van der Waals surface area contributed by atoms with Crippen LogP contribution in [-0.4, -0.2) is 15.7 Å². The summed E-state index contributed by atoms with van der Waals surface area (Å²) in [6.07, 6.45) is 0.679. The standard InChI is InChI=1S/C13H13Br3N4O/c1-3-9-10(17)12(20(2)19-9)13(21)18-11-7(15)4-6(14)5-8(11)16/h4-5H,3,17H2,1-2H3,(H,18,21). The van der Waals surface area contributed by atoms with Crippen LogP contribution in [0, 0.1) is 0 Å². The molecule has 1 amide bonds. The Balaban J connectivity index is 2.37. The Morgan fingerprint density at radius 1 is 1.33 bits per heavy atom. The van der Waals surface area contributed by atoms with Gasteiger partial charge in [0.05, 0.1) is 17.1 Å². The number of carbonyl (C=O) groups excluding carboxylic acids is 1. The molecule has 0 bridgehead atoms. The van der Waals surface area contributed by atoms with Gasteiger partial charge in [0.15, 0.2) is 0 Å². The van der Waals surface area contributed by atoms with E-state index in [1.165, 1.54) is 4.68 Å². The second kappa shape index (κ2) is 6.50. The summed E-state index contributed by atoms with van der Waals surface area (Å²) in [6.45, 7) is 1.95. The number of aromatic nitrogens is 2. The summed E-state index contributed by atoms with van der Waals surface area (Å²) in [6, 6.07) is 3.70. The van der Waals surface area contributed by atoms with Gasteiger partial charge in [0.1, 0.15) is 5.69 Å². The topological polar surface area (TPSA) is 72.9 Å². The van der Waals surface area contributed by atoms with Crippen molar-refractivity contribution >= 4 is 65.1 Å². The van der Waals surface area contributed by atoms with Crippen molar-refractivity contribution in [2.24, 2.45) is 7.05 Å². The van der Waals surface area contributed by atoms with Crippen molar-refractivity contribution in [3.8, 4) is 0 Å². The van der Waals surface area contributed by atoms with Crippen molar-refractivity contribution in [2.45, 2.75) is 13.3 Å². The molecule has 8 heteroatoms. The zero-order chi connectivity index (χ0) is 15.7. The zero-order valence-corrected chi connectivity index (χ0v) is 16.1. The summed E-state index contributed by atoms with van der Waals surface area (Å²) < 4.78 is 3.92. The minimum Gasteiger partial charge on any atom is -0.395 e. The Labute approximate surface area is 147 Å². The van der Waals surface area contributed by atoms with Crippen molar-refractivity contribution in [2.75, 3.05) is 11.1 Å². The number of hydrogen-bond acceptors (Lipinski definition) is 3. The lowest BCUT2D eigenvalue weighted by Crippen LogP contribution is -2.18. The Morgan fingerprint density at radius 2 is 1.90 bits per heavy atom. The third kappa shape index (κ3) is 3.32. The molecule has 0 saturated carbocycles. The third-order valence-electron chi connectivity index (χ3n) is 2.96. The summed E-state index contributed by atoms with van der Waals surface area (Å²) in [5, 5.41) is 7.10. The average molecular weight is 481 g/mol. The molecular weight excluding hydrogens is 468 g/mol. The number of carbonyl (C=O) groups is 1. The number of amides is 1. The van der Waals surface area contributed by atoms with Crippen LogP contribution in [0.25, 0.3) is 0 Å². The smallest absolute Gasteiger partial charge is 0.276 e. The van der Waals surface area contributed by atoms with Crippen molar-refractivity contribution in [1.29, 1.82) is 0 Å². The molecule has 0 atom stereocenters. The van der Waals surface area contributed by atoms with Gasteiger partial charge in [-0.3, -0.25) is 9.48 Å². The summed E-state index contributed by atoms with van der Waals surface area (Å²) in [5.41, 5.74) is 8.13. The number of aryl methyl sites for hydroxylation is 2. The molecule has 0 fully saturated rings. The van der Waals surface area contributed by atoms with Crippen LogP contribution in [0.15, 0.2) is 25.6 Å². The third-order valence-corrected chi connectivity index (χ3v) is 4.66. The van der Waals surface area contributed by atoms with Gasteiger partial charge in [-0.05, 0) is 50.4 Å². The van der Waals surface area contributed by atoms with Gasteiger partial charge in [-0.25, -0.2) is 0 Å². The normalized spacial score (nSPS) is 10.7. The minimum absolute atomic E-state index is 0.300. The molecule has 2 rings (SSSR count). The number of benzene rings is 1. The largest absolute Gasteiger partial charge is 0.395 e. The molecule has 3 N–H and O–H groups in total. The molecule has 0 saturated heterocycles. The highest BCUT2D eigenvalue weighted by Gasteiger charge is 2.20. The Kier molecular flexibility index (Phi) is 5.11. The molecule has 21 heavy (non-hydrogen) atoms. The summed E-state index contributed by atoms with van der Waals surface area (Å²) in [5.74, 6) is -0.300. The molecule has 0 aliphatic carbocycles. The summed E-state index contributed by atoms with van der Waals surface area (Å²) in [4.78, 5) is 12.5. The molecular formula is C13H13Br3N4O. The molecule has 0 radical (unpaired) electrons. The number of rotatable bonds is 3. The fourth-order valence-electron chi connectivity index (χ4n) is 1.96. The highest BCUT2D eigenvalue weighted by molar-refractivity contribution is 9.11. The highest BCUT2D eigenvalue weighted by Crippen LogP contribution is 2.35. The van der Waals surface area contributed by atoms with Crippen LogP contribution in [0.4, 0.5) is 11.4 Å². The van der Waals surface area contributed by atoms with Crippen LogP contribution in [0.5, 0.6) is 0 Å². The maximum Gasteiger partial charge on any atom is 0.276 e. The predicted molar refractivity (Wildman–Crippen MR) is 94.5 cm³/mol. The second-order valence-electron chi connectivity index (χ2n) is 4.38. The van der Waals surface area contributed by atoms with Gasteiger partial charge in [-0.2, -0.15) is 5.10 Å². The summed E-state index contributed by atoms with van der Waals surface area (Å²) >= 11 is 10.2. The van der Waals surface area contributed by atoms with Crippen LogP contribution in [0.1, 0.15) is 23.1 Å². The van der Waals surface area contributed by atoms with Crippen molar-refractivity contribution in [1.82, 2.24) is 9.78 Å². The first-order valence-corrected chi connectivity index (χ1v) is 8.50. The van der Waals surface area contributed by atoms with Crippen LogP contribution >= 0.6 is 47.8 Å². The minimum atomic E-state index is -0.300. The van der Waals surface area contributed by atoms with Gasteiger partial charge in [0, 0.05) is 20.5 Å². The van der Waals surface area contributed by atoms with E-state index in [0.717, 1.165) is 19.1 Å². The molecule has 1 aromatic heterocycles. The maximum atomic E-state index is 12.5. The SMILES string of the molecule is CCc1nn(C)c(C(=O)Nc2c(Br)cc(Br)cc2Br)c1N. The van der Waals surface area contributed by atoms with Crippen LogP contribution < -0.4 is 11.1 Å². The quantitative estimate of drug-likeness (QED) is 0.694. The van der Waals surface area contributed by atoms with Crippen molar-refractivity contribution < 1.29 is 4.79 Å². The van der Waals surface area contributed by atoms with E-state index >= 15 is 0 Å². The molecule has 1 aromatic carbocycles. The van der Waals surface area contributed by atoms with E-state index in [9.17, 15) is 4.79 Å². The van der Waals surface area contributed by atoms with Gasteiger partial charge >= 0.3 is 0 Å². The van der Waals surface area contributed by atoms with E-state index in [1.54, 1.807) is 7.05 Å². The number of nitrogens with two attached hydrogens (primary N) is 1. The monoisotopic (exact) mass is 478 g/mol. The Bertz CT molecular complexity index is 689. The van der Waals surface area contributed by atoms with Gasteiger partial charge in [0.25, 0.3) is 5.91 Å². The molecule has 0 aliphatic rings. The maximum absolute atomic E-state index is 12.5. The fourth-order valence-corrected chi connectivity index (χ4v) is 4.42. The number of nitrogens with one attached hydrogen (secondary N) is 1. The highest BCUT2D eigenvalue weighted by atomic mass is 79.9. The zero-order valence-electron chi connectivity index (χ0n) is 11.4. The second-order valence-corrected chi connectivity index (χ2v) is 7.01. The van der Waals surface area contributed by atoms with Crippen LogP contribution in [0.2, 0.25) is 0 Å². The molecule has 1 heterocycles. The Hall–Kier alpha value is -0.860. The fraction of sp³-hybridized carbons (Fsp3) is 0.231. The van der Waals surface area contributed by atoms with Crippen LogP contribution in [0.3, 0.4) is 0 Å². The molecule has 0 spiro atoms. The summed E-state index contributed by atoms with van der Waals surface area (Å²) in [7, 11) is 1.70. The van der Waals surface area contributed by atoms with Gasteiger partial charge in [0.2, 0.25) is 0 Å². The Morgan fingerprint density at radius 3 is 2.38 bits per heavy atom. The van der Waals surface area contributed by atoms with E-state index in [0.29, 0.717) is 23.5 Å². The number of anilines is 2. The lowest BCUT2D eigenvalue weighted by atomic mass is 10.2. The average Bonchev–Trinajstić information content (AvgIpc) is 2.68.